The molecule has 1 aromatic rings. The lowest BCUT2D eigenvalue weighted by Gasteiger charge is -2.08. The Hall–Kier alpha value is -1.23. The smallest absolute Gasteiger partial charge is 0.181 e. The Bertz CT molecular complexity index is 426. The summed E-state index contributed by atoms with van der Waals surface area (Å²) in [5.74, 6) is 0.347. The fourth-order valence-corrected chi connectivity index (χ4v) is 2.13. The minimum atomic E-state index is -3.24. The van der Waals surface area contributed by atoms with Gasteiger partial charge < -0.3 is 10.5 Å². The zero-order valence-corrected chi connectivity index (χ0v) is 8.97. The fourth-order valence-electron chi connectivity index (χ4n) is 1.10. The third kappa shape index (κ3) is 1.98. The van der Waals surface area contributed by atoms with Crippen molar-refractivity contribution in [2.45, 2.75) is 11.8 Å². The molecule has 0 aliphatic heterocycles. The third-order valence-electron chi connectivity index (χ3n) is 1.90. The largest absolute Gasteiger partial charge is 0.495 e. The fraction of sp³-hybridized carbons (Fsp3) is 0.333. The van der Waals surface area contributed by atoms with Crippen molar-refractivity contribution in [1.82, 2.24) is 0 Å². The van der Waals surface area contributed by atoms with E-state index in [1.807, 2.05) is 0 Å². The van der Waals surface area contributed by atoms with Crippen LogP contribution >= 0.6 is 0 Å². The van der Waals surface area contributed by atoms with Crippen LogP contribution in [0.2, 0.25) is 0 Å². The number of sulfone groups is 1. The van der Waals surface area contributed by atoms with Crippen molar-refractivity contribution in [2.24, 2.45) is 0 Å². The van der Waals surface area contributed by atoms with E-state index in [0.717, 1.165) is 0 Å². The molecule has 0 amide bonds. The van der Waals surface area contributed by atoms with Crippen molar-refractivity contribution < 1.29 is 13.2 Å². The van der Waals surface area contributed by atoms with Crippen LogP contribution in [0, 0.1) is 0 Å². The zero-order valence-electron chi connectivity index (χ0n) is 8.15. The van der Waals surface area contributed by atoms with Gasteiger partial charge in [0, 0.05) is 11.8 Å². The van der Waals surface area contributed by atoms with Crippen LogP contribution in [-0.4, -0.2) is 21.3 Å². The maximum Gasteiger partial charge on any atom is 0.181 e. The summed E-state index contributed by atoms with van der Waals surface area (Å²) in [4.78, 5) is 0.191. The molecule has 5 heteroatoms. The van der Waals surface area contributed by atoms with E-state index < -0.39 is 9.84 Å². The van der Waals surface area contributed by atoms with Gasteiger partial charge in [-0.1, -0.05) is 6.92 Å². The topological polar surface area (TPSA) is 69.4 Å². The van der Waals surface area contributed by atoms with Gasteiger partial charge in [-0.25, -0.2) is 8.42 Å². The summed E-state index contributed by atoms with van der Waals surface area (Å²) in [7, 11) is -1.82. The summed E-state index contributed by atoms with van der Waals surface area (Å²) in [5, 5.41) is 0. The number of rotatable bonds is 3. The highest BCUT2D eigenvalue weighted by atomic mass is 32.2. The summed E-state index contributed by atoms with van der Waals surface area (Å²) in [6.07, 6.45) is 0. The molecule has 1 rings (SSSR count). The highest BCUT2D eigenvalue weighted by molar-refractivity contribution is 7.91. The Morgan fingerprint density at radius 1 is 1.43 bits per heavy atom. The highest BCUT2D eigenvalue weighted by Crippen LogP contribution is 2.26. The molecule has 0 saturated heterocycles. The van der Waals surface area contributed by atoms with Gasteiger partial charge >= 0.3 is 0 Å². The quantitative estimate of drug-likeness (QED) is 0.766. The van der Waals surface area contributed by atoms with E-state index in [4.69, 9.17) is 10.5 Å². The van der Waals surface area contributed by atoms with Crippen LogP contribution in [0.1, 0.15) is 6.92 Å². The van der Waals surface area contributed by atoms with Crippen LogP contribution in [0.15, 0.2) is 23.1 Å². The van der Waals surface area contributed by atoms with Crippen LogP contribution in [-0.2, 0) is 9.84 Å². The van der Waals surface area contributed by atoms with E-state index in [0.29, 0.717) is 11.4 Å². The lowest BCUT2D eigenvalue weighted by Crippen LogP contribution is -2.06. The molecule has 0 bridgehead atoms. The molecule has 0 aliphatic rings. The molecule has 78 valence electrons. The first-order valence-corrected chi connectivity index (χ1v) is 5.82. The molecule has 0 heterocycles. The predicted octanol–water partition coefficient (Wildman–Crippen LogP) is 1.07. The molecule has 1 aromatic carbocycles. The number of benzene rings is 1. The van der Waals surface area contributed by atoms with Crippen LogP contribution in [0.5, 0.6) is 5.75 Å². The van der Waals surface area contributed by atoms with Crippen LogP contribution in [0.25, 0.3) is 0 Å². The van der Waals surface area contributed by atoms with Gasteiger partial charge in [-0.15, -0.1) is 0 Å². The van der Waals surface area contributed by atoms with Crippen molar-refractivity contribution in [3.8, 4) is 5.75 Å². The maximum absolute atomic E-state index is 11.6. The molecule has 0 saturated carbocycles. The van der Waals surface area contributed by atoms with Crippen LogP contribution < -0.4 is 10.5 Å². The lowest BCUT2D eigenvalue weighted by molar-refractivity contribution is 0.403. The van der Waals surface area contributed by atoms with Crippen molar-refractivity contribution in [2.75, 3.05) is 18.6 Å². The molecule has 0 fully saturated rings. The van der Waals surface area contributed by atoms with Gasteiger partial charge in [-0.2, -0.15) is 0 Å². The monoisotopic (exact) mass is 215 g/mol. The first-order chi connectivity index (χ1) is 6.51. The van der Waals surface area contributed by atoms with Crippen molar-refractivity contribution in [3.63, 3.8) is 0 Å². The Labute approximate surface area is 83.6 Å². The van der Waals surface area contributed by atoms with Gasteiger partial charge in [-0.05, 0) is 12.1 Å². The standard InChI is InChI=1S/C9H13NO3S/c1-3-14(11,12)9-5-4-7(10)6-8(9)13-2/h4-6H,3,10H2,1-2H3. The highest BCUT2D eigenvalue weighted by Gasteiger charge is 2.16. The molecule has 0 atom stereocenters. The molecule has 2 N–H and O–H groups in total. The van der Waals surface area contributed by atoms with E-state index >= 15 is 0 Å². The minimum absolute atomic E-state index is 0.0489. The third-order valence-corrected chi connectivity index (χ3v) is 3.67. The zero-order chi connectivity index (χ0) is 10.8. The number of methoxy groups -OCH3 is 1. The molecular formula is C9H13NO3S. The summed E-state index contributed by atoms with van der Waals surface area (Å²) in [6.45, 7) is 1.59. The van der Waals surface area contributed by atoms with Gasteiger partial charge in [0.1, 0.15) is 10.6 Å². The van der Waals surface area contributed by atoms with Gasteiger partial charge in [-0.3, -0.25) is 0 Å². The van der Waals surface area contributed by atoms with Gasteiger partial charge in [0.2, 0.25) is 0 Å². The Morgan fingerprint density at radius 2 is 2.07 bits per heavy atom. The molecule has 0 radical (unpaired) electrons. The molecule has 4 nitrogen and oxygen atoms in total. The van der Waals surface area contributed by atoms with E-state index in [1.165, 1.54) is 19.2 Å². The normalized spacial score (nSPS) is 11.3. The van der Waals surface area contributed by atoms with Gasteiger partial charge in [0.05, 0.1) is 12.9 Å². The number of ether oxygens (including phenoxy) is 1. The molecular weight excluding hydrogens is 202 g/mol. The van der Waals surface area contributed by atoms with Crippen LogP contribution in [0.4, 0.5) is 5.69 Å². The van der Waals surface area contributed by atoms with Crippen LogP contribution in [0.3, 0.4) is 0 Å². The summed E-state index contributed by atoms with van der Waals surface area (Å²) in [6, 6.07) is 4.51. The Kier molecular flexibility index (Phi) is 3.00. The molecule has 14 heavy (non-hydrogen) atoms. The maximum atomic E-state index is 11.6. The number of hydrogen-bond donors (Lipinski definition) is 1. The van der Waals surface area contributed by atoms with E-state index in [1.54, 1.807) is 13.0 Å². The predicted molar refractivity (Wildman–Crippen MR) is 55.1 cm³/mol. The average Bonchev–Trinajstić information content (AvgIpc) is 2.17. The number of anilines is 1. The Morgan fingerprint density at radius 3 is 2.57 bits per heavy atom. The SMILES string of the molecule is CCS(=O)(=O)c1ccc(N)cc1OC. The van der Waals surface area contributed by atoms with E-state index in [-0.39, 0.29) is 10.6 Å². The second-order valence-electron chi connectivity index (χ2n) is 2.81. The van der Waals surface area contributed by atoms with E-state index in [2.05, 4.69) is 0 Å². The second kappa shape index (κ2) is 3.88. The van der Waals surface area contributed by atoms with E-state index in [9.17, 15) is 8.42 Å². The van der Waals surface area contributed by atoms with Crippen molar-refractivity contribution in [1.29, 1.82) is 0 Å². The average molecular weight is 215 g/mol. The lowest BCUT2D eigenvalue weighted by atomic mass is 10.3. The number of nitrogen functional groups attached to an aromatic ring is 1. The molecule has 0 unspecified atom stereocenters. The summed E-state index contributed by atoms with van der Waals surface area (Å²) < 4.78 is 28.1. The summed E-state index contributed by atoms with van der Waals surface area (Å²) in [5.41, 5.74) is 6.00. The van der Waals surface area contributed by atoms with Gasteiger partial charge in [0.25, 0.3) is 0 Å². The first-order valence-electron chi connectivity index (χ1n) is 4.17. The minimum Gasteiger partial charge on any atom is -0.495 e. The number of hydrogen-bond acceptors (Lipinski definition) is 4. The summed E-state index contributed by atoms with van der Waals surface area (Å²) >= 11 is 0. The number of nitrogens with two attached hydrogens (primary N) is 1. The van der Waals surface area contributed by atoms with Crippen molar-refractivity contribution in [3.05, 3.63) is 18.2 Å². The van der Waals surface area contributed by atoms with Crippen molar-refractivity contribution >= 4 is 15.5 Å². The van der Waals surface area contributed by atoms with Gasteiger partial charge in [0.15, 0.2) is 9.84 Å². The Balaban J connectivity index is 3.35. The second-order valence-corrected chi connectivity index (χ2v) is 5.06. The first kappa shape index (κ1) is 10.8. The molecule has 0 aliphatic carbocycles. The molecule has 0 spiro atoms. The molecule has 0 aromatic heterocycles.